The van der Waals surface area contributed by atoms with Crippen LogP contribution in [0.3, 0.4) is 0 Å². The number of halogens is 3. The predicted octanol–water partition coefficient (Wildman–Crippen LogP) is 6.41. The van der Waals surface area contributed by atoms with E-state index in [-0.39, 0.29) is 5.92 Å². The van der Waals surface area contributed by atoms with E-state index in [2.05, 4.69) is 11.8 Å². The molecule has 0 heterocycles. The largest absolute Gasteiger partial charge is 0.489 e. The van der Waals surface area contributed by atoms with Crippen LogP contribution in [0.2, 0.25) is 0 Å². The van der Waals surface area contributed by atoms with E-state index in [4.69, 9.17) is 9.47 Å². The molecule has 0 aliphatic rings. The second-order valence-corrected chi connectivity index (χ2v) is 7.51. The Kier molecular flexibility index (Phi) is 8.16. The van der Waals surface area contributed by atoms with Crippen molar-refractivity contribution in [2.45, 2.75) is 38.3 Å². The molecule has 0 saturated heterocycles. The molecule has 0 bridgehead atoms. The molecule has 3 aromatic rings. The minimum Gasteiger partial charge on any atom is -0.489 e. The molecule has 33 heavy (non-hydrogen) atoms. The summed E-state index contributed by atoms with van der Waals surface area (Å²) in [5.41, 5.74) is 2.71. The average Bonchev–Trinajstić information content (AvgIpc) is 2.82. The highest BCUT2D eigenvalue weighted by Gasteiger charge is 2.29. The molecule has 0 fully saturated rings. The number of aliphatic hydroxyl groups excluding tert-OH is 1. The van der Waals surface area contributed by atoms with Crippen LogP contribution in [0.25, 0.3) is 11.1 Å². The number of rotatable bonds is 8. The van der Waals surface area contributed by atoms with Crippen LogP contribution >= 0.6 is 0 Å². The van der Waals surface area contributed by atoms with Crippen molar-refractivity contribution in [1.82, 2.24) is 0 Å². The van der Waals surface area contributed by atoms with Gasteiger partial charge in [0.15, 0.2) is 6.29 Å². The van der Waals surface area contributed by atoms with Gasteiger partial charge in [-0.05, 0) is 59.5 Å². The number of methoxy groups -OCH3 is 1. The lowest BCUT2D eigenvalue weighted by Gasteiger charge is -2.15. The number of hydrogen-bond acceptors (Lipinski definition) is 3. The first-order valence-electron chi connectivity index (χ1n) is 10.4. The zero-order valence-electron chi connectivity index (χ0n) is 18.4. The lowest BCUT2D eigenvalue weighted by molar-refractivity contribution is -0.137. The Morgan fingerprint density at radius 3 is 2.24 bits per heavy atom. The Morgan fingerprint density at radius 1 is 0.939 bits per heavy atom. The van der Waals surface area contributed by atoms with Crippen molar-refractivity contribution in [1.29, 1.82) is 0 Å². The summed E-state index contributed by atoms with van der Waals surface area (Å²) in [6.45, 7) is 2.07. The summed E-state index contributed by atoms with van der Waals surface area (Å²) in [7, 11) is 1.45. The minimum absolute atomic E-state index is 0.153. The molecule has 6 heteroatoms. The van der Waals surface area contributed by atoms with E-state index in [0.29, 0.717) is 24.3 Å². The number of benzene rings is 3. The van der Waals surface area contributed by atoms with Gasteiger partial charge < -0.3 is 14.6 Å². The molecule has 0 aromatic heterocycles. The Bertz CT molecular complexity index is 1090. The fraction of sp³-hybridized carbons (Fsp3) is 0.259. The normalized spacial score (nSPS) is 13.0. The Labute approximate surface area is 191 Å². The van der Waals surface area contributed by atoms with Gasteiger partial charge in [0.05, 0.1) is 5.56 Å². The third-order valence-electron chi connectivity index (χ3n) is 5.19. The highest BCUT2D eigenvalue weighted by atomic mass is 19.4. The Hall–Kier alpha value is -3.27. The maximum atomic E-state index is 12.8. The highest BCUT2D eigenvalue weighted by Crippen LogP contribution is 2.31. The monoisotopic (exact) mass is 454 g/mol. The van der Waals surface area contributed by atoms with Crippen molar-refractivity contribution < 1.29 is 27.8 Å². The van der Waals surface area contributed by atoms with Crippen LogP contribution in [-0.4, -0.2) is 18.5 Å². The maximum absolute atomic E-state index is 12.8. The van der Waals surface area contributed by atoms with Crippen LogP contribution in [0.4, 0.5) is 13.2 Å². The smallest absolute Gasteiger partial charge is 0.416 e. The van der Waals surface area contributed by atoms with Gasteiger partial charge in [-0.15, -0.1) is 5.92 Å². The molecule has 0 aliphatic heterocycles. The standard InChI is InChI=1S/C27H25F3O3/c1-3-5-22(17-26(31)32-2)21-10-14-25(15-11-21)33-18-19-6-4-7-23(16-19)20-8-12-24(13-9-20)27(28,29)30/h4,6-16,22,26,31H,17-18H2,1-2H3. The predicted molar refractivity (Wildman–Crippen MR) is 121 cm³/mol. The first-order valence-corrected chi connectivity index (χ1v) is 10.4. The fourth-order valence-electron chi connectivity index (χ4n) is 3.41. The lowest BCUT2D eigenvalue weighted by atomic mass is 9.96. The molecular weight excluding hydrogens is 429 g/mol. The van der Waals surface area contributed by atoms with Gasteiger partial charge >= 0.3 is 6.18 Å². The molecular formula is C27H25F3O3. The third kappa shape index (κ3) is 6.85. The molecule has 3 nitrogen and oxygen atoms in total. The quantitative estimate of drug-likeness (QED) is 0.316. The van der Waals surface area contributed by atoms with Crippen LogP contribution < -0.4 is 4.74 Å². The SMILES string of the molecule is CC#CC(CC(O)OC)c1ccc(OCc2cccc(-c3ccc(C(F)(F)F)cc3)c2)cc1. The van der Waals surface area contributed by atoms with E-state index >= 15 is 0 Å². The molecule has 172 valence electrons. The summed E-state index contributed by atoms with van der Waals surface area (Å²) in [4.78, 5) is 0. The fourth-order valence-corrected chi connectivity index (χ4v) is 3.41. The topological polar surface area (TPSA) is 38.7 Å². The van der Waals surface area contributed by atoms with E-state index in [1.165, 1.54) is 19.2 Å². The average molecular weight is 454 g/mol. The van der Waals surface area contributed by atoms with Crippen LogP contribution in [0.15, 0.2) is 72.8 Å². The Balaban J connectivity index is 1.66. The van der Waals surface area contributed by atoms with Crippen molar-refractivity contribution >= 4 is 0 Å². The van der Waals surface area contributed by atoms with Gasteiger partial charge in [0.25, 0.3) is 0 Å². The van der Waals surface area contributed by atoms with Gasteiger partial charge in [0.2, 0.25) is 0 Å². The van der Waals surface area contributed by atoms with Gasteiger partial charge in [0.1, 0.15) is 12.4 Å². The zero-order valence-corrected chi connectivity index (χ0v) is 18.4. The summed E-state index contributed by atoms with van der Waals surface area (Å²) in [5.74, 6) is 6.49. The summed E-state index contributed by atoms with van der Waals surface area (Å²) >= 11 is 0. The second kappa shape index (κ2) is 11.0. The van der Waals surface area contributed by atoms with E-state index in [1.807, 2.05) is 48.5 Å². The van der Waals surface area contributed by atoms with E-state index in [1.54, 1.807) is 6.92 Å². The highest BCUT2D eigenvalue weighted by molar-refractivity contribution is 5.64. The van der Waals surface area contributed by atoms with E-state index in [9.17, 15) is 18.3 Å². The first-order chi connectivity index (χ1) is 15.8. The van der Waals surface area contributed by atoms with Crippen molar-refractivity contribution in [2.75, 3.05) is 7.11 Å². The summed E-state index contributed by atoms with van der Waals surface area (Å²) in [6.07, 6.45) is -4.87. The summed E-state index contributed by atoms with van der Waals surface area (Å²) < 4.78 is 49.2. The van der Waals surface area contributed by atoms with Crippen LogP contribution in [0, 0.1) is 11.8 Å². The van der Waals surface area contributed by atoms with E-state index < -0.39 is 18.0 Å². The molecule has 1 N–H and O–H groups in total. The Morgan fingerprint density at radius 2 is 1.64 bits per heavy atom. The number of alkyl halides is 3. The van der Waals surface area contributed by atoms with E-state index in [0.717, 1.165) is 28.8 Å². The summed E-state index contributed by atoms with van der Waals surface area (Å²) in [5, 5.41) is 9.77. The molecule has 0 spiro atoms. The molecule has 2 atom stereocenters. The zero-order chi connectivity index (χ0) is 23.8. The van der Waals surface area contributed by atoms with Gasteiger partial charge in [0, 0.05) is 19.4 Å². The van der Waals surface area contributed by atoms with Crippen molar-refractivity contribution in [3.63, 3.8) is 0 Å². The van der Waals surface area contributed by atoms with Crippen LogP contribution in [0.1, 0.15) is 36.0 Å². The maximum Gasteiger partial charge on any atom is 0.416 e. The van der Waals surface area contributed by atoms with Gasteiger partial charge in [-0.2, -0.15) is 13.2 Å². The van der Waals surface area contributed by atoms with Crippen LogP contribution in [-0.2, 0) is 17.5 Å². The molecule has 0 saturated carbocycles. The third-order valence-corrected chi connectivity index (χ3v) is 5.19. The minimum atomic E-state index is -4.35. The molecule has 3 rings (SSSR count). The van der Waals surface area contributed by atoms with Gasteiger partial charge in [-0.25, -0.2) is 0 Å². The summed E-state index contributed by atoms with van der Waals surface area (Å²) in [6, 6.07) is 20.1. The number of ether oxygens (including phenoxy) is 2. The molecule has 3 aromatic carbocycles. The van der Waals surface area contributed by atoms with Gasteiger partial charge in [-0.1, -0.05) is 48.4 Å². The molecule has 0 aliphatic carbocycles. The number of aliphatic hydroxyl groups is 1. The van der Waals surface area contributed by atoms with Crippen molar-refractivity contribution in [3.05, 3.63) is 89.5 Å². The first kappa shape index (κ1) is 24.4. The number of hydrogen-bond donors (Lipinski definition) is 1. The second-order valence-electron chi connectivity index (χ2n) is 7.51. The van der Waals surface area contributed by atoms with Crippen molar-refractivity contribution in [2.24, 2.45) is 0 Å². The molecule has 0 radical (unpaired) electrons. The molecule has 2 unspecified atom stereocenters. The van der Waals surface area contributed by atoms with Crippen LogP contribution in [0.5, 0.6) is 5.75 Å². The van der Waals surface area contributed by atoms with Crippen molar-refractivity contribution in [3.8, 4) is 28.7 Å². The lowest BCUT2D eigenvalue weighted by Crippen LogP contribution is -2.13. The molecule has 0 amide bonds. The van der Waals surface area contributed by atoms with Gasteiger partial charge in [-0.3, -0.25) is 0 Å².